The topological polar surface area (TPSA) is 111 Å². The molecule has 39 heavy (non-hydrogen) atoms. The van der Waals surface area contributed by atoms with Crippen LogP contribution in [0, 0.1) is 24.0 Å². The zero-order chi connectivity index (χ0) is 27.7. The number of carbonyl (C=O) groups is 1. The van der Waals surface area contributed by atoms with E-state index in [-0.39, 0.29) is 23.4 Å². The van der Waals surface area contributed by atoms with E-state index in [0.717, 1.165) is 5.56 Å². The number of aryl methyl sites for hydroxylation is 2. The molecule has 9 nitrogen and oxygen atoms in total. The molecular formula is C30H26N4O5. The lowest BCUT2D eigenvalue weighted by molar-refractivity contribution is -0.385. The number of hydrogen-bond acceptors (Lipinski definition) is 6. The monoisotopic (exact) mass is 522 g/mol. The predicted octanol–water partition coefficient (Wildman–Crippen LogP) is 5.91. The van der Waals surface area contributed by atoms with Crippen molar-refractivity contribution in [3.05, 3.63) is 134 Å². The number of nitro groups is 1. The van der Waals surface area contributed by atoms with Crippen LogP contribution in [0.1, 0.15) is 46.0 Å². The van der Waals surface area contributed by atoms with Crippen LogP contribution < -0.4 is 5.56 Å². The number of furan rings is 1. The lowest BCUT2D eigenvalue weighted by Crippen LogP contribution is -2.37. The molecule has 0 aliphatic rings. The van der Waals surface area contributed by atoms with E-state index in [9.17, 15) is 19.7 Å². The molecule has 0 fully saturated rings. The van der Waals surface area contributed by atoms with Gasteiger partial charge in [-0.25, -0.2) is 4.98 Å². The normalized spacial score (nSPS) is 11.9. The molecule has 0 saturated heterocycles. The number of nitrogens with zero attached hydrogens (tertiary/aromatic N) is 4. The number of benzene rings is 3. The summed E-state index contributed by atoms with van der Waals surface area (Å²) in [6.07, 6.45) is 1.51. The third-order valence-electron chi connectivity index (χ3n) is 6.75. The van der Waals surface area contributed by atoms with E-state index in [0.29, 0.717) is 33.7 Å². The van der Waals surface area contributed by atoms with Crippen molar-refractivity contribution in [1.29, 1.82) is 0 Å². The second kappa shape index (κ2) is 10.4. The van der Waals surface area contributed by atoms with Crippen LogP contribution in [0.3, 0.4) is 0 Å². The van der Waals surface area contributed by atoms with Crippen molar-refractivity contribution in [3.8, 4) is 5.69 Å². The SMILES string of the molecule is Cc1ccc(-n2c(C(C)N(Cc3ccco3)C(=O)c3ccc(C)c([N+](=O)[O-])c3)nc3ccccc3c2=O)cc1. The van der Waals surface area contributed by atoms with E-state index in [1.165, 1.54) is 21.8 Å². The first-order valence-electron chi connectivity index (χ1n) is 12.4. The Hall–Kier alpha value is -5.05. The Morgan fingerprint density at radius 3 is 2.49 bits per heavy atom. The van der Waals surface area contributed by atoms with Gasteiger partial charge in [0.2, 0.25) is 0 Å². The fraction of sp³-hybridized carbons (Fsp3) is 0.167. The van der Waals surface area contributed by atoms with Crippen LogP contribution in [0.5, 0.6) is 0 Å². The maximum absolute atomic E-state index is 14.0. The minimum atomic E-state index is -0.721. The van der Waals surface area contributed by atoms with Gasteiger partial charge >= 0.3 is 0 Å². The minimum absolute atomic E-state index is 0.0608. The molecule has 1 atom stereocenters. The number of hydrogen-bond donors (Lipinski definition) is 0. The third kappa shape index (κ3) is 4.94. The van der Waals surface area contributed by atoms with Gasteiger partial charge in [0.05, 0.1) is 40.4 Å². The van der Waals surface area contributed by atoms with Gasteiger partial charge in [0, 0.05) is 17.2 Å². The summed E-state index contributed by atoms with van der Waals surface area (Å²) in [5.74, 6) is 0.408. The minimum Gasteiger partial charge on any atom is -0.467 e. The summed E-state index contributed by atoms with van der Waals surface area (Å²) in [5.41, 5.74) is 2.34. The quantitative estimate of drug-likeness (QED) is 0.194. The van der Waals surface area contributed by atoms with Crippen LogP contribution in [0.4, 0.5) is 5.69 Å². The van der Waals surface area contributed by atoms with Crippen molar-refractivity contribution in [3.63, 3.8) is 0 Å². The van der Waals surface area contributed by atoms with E-state index < -0.39 is 16.9 Å². The average Bonchev–Trinajstić information content (AvgIpc) is 3.45. The maximum Gasteiger partial charge on any atom is 0.273 e. The molecule has 0 bridgehead atoms. The number of carbonyl (C=O) groups excluding carboxylic acids is 1. The first kappa shape index (κ1) is 25.6. The largest absolute Gasteiger partial charge is 0.467 e. The van der Waals surface area contributed by atoms with Crippen LogP contribution >= 0.6 is 0 Å². The van der Waals surface area contributed by atoms with E-state index in [4.69, 9.17) is 9.40 Å². The summed E-state index contributed by atoms with van der Waals surface area (Å²) in [7, 11) is 0. The zero-order valence-electron chi connectivity index (χ0n) is 21.7. The second-order valence-electron chi connectivity index (χ2n) is 9.41. The van der Waals surface area contributed by atoms with Crippen molar-refractivity contribution in [2.75, 3.05) is 0 Å². The number of nitro benzene ring substituents is 1. The molecule has 2 heterocycles. The molecule has 0 radical (unpaired) electrons. The summed E-state index contributed by atoms with van der Waals surface area (Å²) in [5, 5.41) is 12.0. The third-order valence-corrected chi connectivity index (χ3v) is 6.75. The smallest absolute Gasteiger partial charge is 0.273 e. The van der Waals surface area contributed by atoms with Gasteiger partial charge in [-0.15, -0.1) is 0 Å². The van der Waals surface area contributed by atoms with Crippen LogP contribution in [0.15, 0.2) is 94.3 Å². The van der Waals surface area contributed by atoms with Crippen LogP contribution in [0.25, 0.3) is 16.6 Å². The van der Waals surface area contributed by atoms with Crippen LogP contribution in [-0.2, 0) is 6.54 Å². The summed E-state index contributed by atoms with van der Waals surface area (Å²) >= 11 is 0. The van der Waals surface area contributed by atoms with Gasteiger partial charge in [-0.1, -0.05) is 35.9 Å². The molecule has 1 amide bonds. The predicted molar refractivity (Wildman–Crippen MR) is 147 cm³/mol. The molecule has 0 N–H and O–H groups in total. The van der Waals surface area contributed by atoms with Gasteiger partial charge in [0.15, 0.2) is 0 Å². The number of amides is 1. The molecule has 5 aromatic rings. The maximum atomic E-state index is 14.0. The van der Waals surface area contributed by atoms with Crippen molar-refractivity contribution < 1.29 is 14.1 Å². The van der Waals surface area contributed by atoms with E-state index in [1.807, 2.05) is 31.2 Å². The molecule has 0 aliphatic heterocycles. The highest BCUT2D eigenvalue weighted by Gasteiger charge is 2.29. The highest BCUT2D eigenvalue weighted by Crippen LogP contribution is 2.28. The highest BCUT2D eigenvalue weighted by atomic mass is 16.6. The summed E-state index contributed by atoms with van der Waals surface area (Å²) < 4.78 is 7.07. The van der Waals surface area contributed by atoms with Crippen molar-refractivity contribution >= 4 is 22.5 Å². The zero-order valence-corrected chi connectivity index (χ0v) is 21.7. The number of rotatable bonds is 7. The molecule has 5 rings (SSSR count). The molecule has 2 aromatic heterocycles. The van der Waals surface area contributed by atoms with Crippen molar-refractivity contribution in [2.24, 2.45) is 0 Å². The lowest BCUT2D eigenvalue weighted by Gasteiger charge is -2.30. The molecule has 3 aromatic carbocycles. The Bertz CT molecular complexity index is 1740. The number of fused-ring (bicyclic) bond motifs is 1. The first-order valence-corrected chi connectivity index (χ1v) is 12.4. The molecular weight excluding hydrogens is 496 g/mol. The average molecular weight is 523 g/mol. The lowest BCUT2D eigenvalue weighted by atomic mass is 10.1. The molecule has 196 valence electrons. The van der Waals surface area contributed by atoms with Crippen LogP contribution in [-0.4, -0.2) is 25.3 Å². The molecule has 1 unspecified atom stereocenters. The Morgan fingerprint density at radius 2 is 1.79 bits per heavy atom. The molecule has 9 heteroatoms. The number of aromatic nitrogens is 2. The Balaban J connectivity index is 1.69. The Kier molecular flexibility index (Phi) is 6.81. The summed E-state index contributed by atoms with van der Waals surface area (Å²) in [6, 6.07) is 21.7. The van der Waals surface area contributed by atoms with E-state index in [2.05, 4.69) is 0 Å². The number of para-hydroxylation sites is 1. The van der Waals surface area contributed by atoms with E-state index in [1.54, 1.807) is 62.4 Å². The fourth-order valence-electron chi connectivity index (χ4n) is 4.57. The van der Waals surface area contributed by atoms with E-state index >= 15 is 0 Å². The van der Waals surface area contributed by atoms with Gasteiger partial charge in [0.1, 0.15) is 11.6 Å². The highest BCUT2D eigenvalue weighted by molar-refractivity contribution is 5.95. The van der Waals surface area contributed by atoms with Gasteiger partial charge in [-0.3, -0.25) is 24.3 Å². The van der Waals surface area contributed by atoms with Crippen LogP contribution in [0.2, 0.25) is 0 Å². The summed E-state index contributed by atoms with van der Waals surface area (Å²) in [4.78, 5) is 45.2. The Labute approximate surface area is 224 Å². The van der Waals surface area contributed by atoms with Crippen molar-refractivity contribution in [2.45, 2.75) is 33.4 Å². The fourth-order valence-corrected chi connectivity index (χ4v) is 4.57. The molecule has 0 saturated carbocycles. The van der Waals surface area contributed by atoms with Gasteiger partial charge in [-0.05, 0) is 63.2 Å². The van der Waals surface area contributed by atoms with Gasteiger partial charge in [-0.2, -0.15) is 0 Å². The molecule has 0 spiro atoms. The first-order chi connectivity index (χ1) is 18.7. The van der Waals surface area contributed by atoms with Gasteiger partial charge in [0.25, 0.3) is 17.2 Å². The second-order valence-corrected chi connectivity index (χ2v) is 9.41. The van der Waals surface area contributed by atoms with Gasteiger partial charge < -0.3 is 9.32 Å². The van der Waals surface area contributed by atoms with Crippen molar-refractivity contribution in [1.82, 2.24) is 14.5 Å². The Morgan fingerprint density at radius 1 is 1.05 bits per heavy atom. The molecule has 0 aliphatic carbocycles. The summed E-state index contributed by atoms with van der Waals surface area (Å²) in [6.45, 7) is 5.42. The standard InChI is InChI=1S/C30H26N4O5/c1-19-10-14-23(15-11-19)33-28(31-26-9-5-4-8-25(26)30(33)36)21(3)32(18-24-7-6-16-39-24)29(35)22-13-12-20(2)27(17-22)34(37)38/h4-17,21H,18H2,1-3H3.